The van der Waals surface area contributed by atoms with Crippen LogP contribution in [0.2, 0.25) is 0 Å². The highest BCUT2D eigenvalue weighted by atomic mass is 19.1. The summed E-state index contributed by atoms with van der Waals surface area (Å²) >= 11 is 0. The number of carbonyl (C=O) groups excluding carboxylic acids is 2. The summed E-state index contributed by atoms with van der Waals surface area (Å²) < 4.78 is 20.0. The van der Waals surface area contributed by atoms with Gasteiger partial charge in [-0.2, -0.15) is 5.26 Å². The summed E-state index contributed by atoms with van der Waals surface area (Å²) in [6, 6.07) is 8.15. The maximum Gasteiger partial charge on any atom is 0.276 e. The number of anilines is 1. The van der Waals surface area contributed by atoms with Crippen LogP contribution in [0.1, 0.15) is 26.4 Å². The molecular weight excluding hydrogens is 369 g/mol. The van der Waals surface area contributed by atoms with Crippen molar-refractivity contribution in [1.29, 1.82) is 5.26 Å². The molecule has 9 nitrogen and oxygen atoms in total. The number of methoxy groups -OCH3 is 1. The molecule has 0 radical (unpaired) electrons. The highest BCUT2D eigenvalue weighted by Gasteiger charge is 2.16. The summed E-state index contributed by atoms with van der Waals surface area (Å²) in [5, 5.41) is 30.0. The maximum absolute atomic E-state index is 13.7. The Hall–Kier alpha value is -4.26. The van der Waals surface area contributed by atoms with Crippen molar-refractivity contribution in [3.63, 3.8) is 0 Å². The van der Waals surface area contributed by atoms with E-state index in [9.17, 15) is 19.1 Å². The number of nitriles is 1. The molecule has 0 spiro atoms. The topological polar surface area (TPSA) is 133 Å². The molecule has 0 aliphatic rings. The summed E-state index contributed by atoms with van der Waals surface area (Å²) in [6.07, 6.45) is 3.15. The number of benzene rings is 1. The van der Waals surface area contributed by atoms with E-state index < -0.39 is 23.3 Å². The van der Waals surface area contributed by atoms with Gasteiger partial charge in [0, 0.05) is 24.0 Å². The largest absolute Gasteiger partial charge is 0.545 e. The molecule has 0 saturated carbocycles. The standard InChI is InChI=1S/C18H12FN5O4/c1-28-15-7-14(11(18(26)27)6-12(15)19)21-17(25)13-2-3-16(23-22-13)24-5-4-10(8-20)9-24/h2-7,9H,1H3,(H,21,25)(H,26,27)/p-1. The van der Waals surface area contributed by atoms with E-state index in [0.717, 1.165) is 6.07 Å². The Kier molecular flexibility index (Phi) is 4.99. The Labute approximate surface area is 157 Å². The molecule has 0 bridgehead atoms. The van der Waals surface area contributed by atoms with Crippen LogP contribution in [-0.2, 0) is 0 Å². The number of aromatic carboxylic acids is 1. The fourth-order valence-electron chi connectivity index (χ4n) is 2.36. The third-order valence-corrected chi connectivity index (χ3v) is 3.73. The number of carbonyl (C=O) groups is 2. The number of nitrogens with one attached hydrogen (secondary N) is 1. The molecule has 2 heterocycles. The van der Waals surface area contributed by atoms with Gasteiger partial charge < -0.3 is 24.5 Å². The number of carboxylic acids is 1. The van der Waals surface area contributed by atoms with E-state index in [1.807, 2.05) is 6.07 Å². The molecule has 1 aromatic carbocycles. The summed E-state index contributed by atoms with van der Waals surface area (Å²) in [6.45, 7) is 0. The zero-order valence-corrected chi connectivity index (χ0v) is 14.3. The summed E-state index contributed by atoms with van der Waals surface area (Å²) in [7, 11) is 1.20. The Morgan fingerprint density at radius 1 is 1.29 bits per heavy atom. The van der Waals surface area contributed by atoms with Gasteiger partial charge in [0.25, 0.3) is 5.91 Å². The first-order valence-electron chi connectivity index (χ1n) is 7.75. The van der Waals surface area contributed by atoms with Crippen molar-refractivity contribution in [1.82, 2.24) is 14.8 Å². The molecule has 140 valence electrons. The first-order chi connectivity index (χ1) is 13.4. The van der Waals surface area contributed by atoms with Crippen LogP contribution in [0.5, 0.6) is 5.75 Å². The number of amides is 1. The Morgan fingerprint density at radius 2 is 2.07 bits per heavy atom. The second kappa shape index (κ2) is 7.55. The molecule has 10 heteroatoms. The third kappa shape index (κ3) is 3.63. The second-order valence-electron chi connectivity index (χ2n) is 5.47. The minimum Gasteiger partial charge on any atom is -0.545 e. The number of rotatable bonds is 5. The molecule has 0 atom stereocenters. The number of hydrogen-bond acceptors (Lipinski definition) is 7. The van der Waals surface area contributed by atoms with Gasteiger partial charge in [-0.25, -0.2) is 4.39 Å². The summed E-state index contributed by atoms with van der Waals surface area (Å²) in [5.41, 5.74) is -0.432. The number of ether oxygens (including phenoxy) is 1. The van der Waals surface area contributed by atoms with Gasteiger partial charge in [0.15, 0.2) is 23.1 Å². The van der Waals surface area contributed by atoms with E-state index in [-0.39, 0.29) is 17.1 Å². The van der Waals surface area contributed by atoms with Gasteiger partial charge in [0.2, 0.25) is 0 Å². The Balaban J connectivity index is 1.85. The van der Waals surface area contributed by atoms with Gasteiger partial charge in [0.1, 0.15) is 6.07 Å². The van der Waals surface area contributed by atoms with Crippen molar-refractivity contribution in [2.45, 2.75) is 0 Å². The lowest BCUT2D eigenvalue weighted by Crippen LogP contribution is -2.25. The van der Waals surface area contributed by atoms with Crippen LogP contribution in [-0.4, -0.2) is 33.8 Å². The van der Waals surface area contributed by atoms with Crippen molar-refractivity contribution >= 4 is 17.6 Å². The van der Waals surface area contributed by atoms with E-state index in [2.05, 4.69) is 15.5 Å². The SMILES string of the molecule is COc1cc(NC(=O)c2ccc(-n3ccc(C#N)c3)nn2)c(C(=O)[O-])cc1F. The number of carboxylic acid groups (broad SMARTS) is 1. The van der Waals surface area contributed by atoms with E-state index in [1.54, 1.807) is 23.0 Å². The van der Waals surface area contributed by atoms with Crippen LogP contribution < -0.4 is 15.2 Å². The number of aromatic nitrogens is 3. The molecule has 3 aromatic rings. The molecule has 28 heavy (non-hydrogen) atoms. The average Bonchev–Trinajstić information content (AvgIpc) is 3.18. The van der Waals surface area contributed by atoms with E-state index >= 15 is 0 Å². The first-order valence-corrected chi connectivity index (χ1v) is 7.75. The molecule has 3 rings (SSSR count). The molecule has 0 unspecified atom stereocenters. The minimum atomic E-state index is -1.67. The van der Waals surface area contributed by atoms with Gasteiger partial charge >= 0.3 is 0 Å². The number of nitrogens with zero attached hydrogens (tertiary/aromatic N) is 4. The van der Waals surface area contributed by atoms with Gasteiger partial charge in [-0.3, -0.25) is 4.79 Å². The van der Waals surface area contributed by atoms with Gasteiger partial charge in [0.05, 0.1) is 24.3 Å². The molecule has 0 aliphatic carbocycles. The minimum absolute atomic E-state index is 0.107. The van der Waals surface area contributed by atoms with Crippen molar-refractivity contribution in [2.75, 3.05) is 12.4 Å². The van der Waals surface area contributed by atoms with Crippen LogP contribution in [0.3, 0.4) is 0 Å². The predicted octanol–water partition coefficient (Wildman–Crippen LogP) is 0.902. The lowest BCUT2D eigenvalue weighted by atomic mass is 10.1. The van der Waals surface area contributed by atoms with Crippen molar-refractivity contribution in [3.05, 3.63) is 65.4 Å². The second-order valence-corrected chi connectivity index (χ2v) is 5.47. The van der Waals surface area contributed by atoms with Crippen molar-refractivity contribution < 1.29 is 23.8 Å². The lowest BCUT2D eigenvalue weighted by molar-refractivity contribution is -0.254. The number of hydrogen-bond donors (Lipinski definition) is 1. The van der Waals surface area contributed by atoms with Crippen LogP contribution in [0.4, 0.5) is 10.1 Å². The quantitative estimate of drug-likeness (QED) is 0.695. The first kappa shape index (κ1) is 18.5. The molecule has 1 amide bonds. The molecule has 2 aromatic heterocycles. The van der Waals surface area contributed by atoms with Crippen LogP contribution in [0.25, 0.3) is 5.82 Å². The maximum atomic E-state index is 13.7. The summed E-state index contributed by atoms with van der Waals surface area (Å²) in [5.74, 6) is -3.22. The molecular formula is C18H11FN5O4-. The third-order valence-electron chi connectivity index (χ3n) is 3.73. The average molecular weight is 380 g/mol. The zero-order valence-electron chi connectivity index (χ0n) is 14.3. The van der Waals surface area contributed by atoms with Crippen molar-refractivity contribution in [3.8, 4) is 17.6 Å². The summed E-state index contributed by atoms with van der Waals surface area (Å²) in [4.78, 5) is 23.6. The van der Waals surface area contributed by atoms with Crippen LogP contribution in [0.15, 0.2) is 42.7 Å². The fraction of sp³-hybridized carbons (Fsp3) is 0.0556. The number of halogens is 1. The highest BCUT2D eigenvalue weighted by molar-refractivity contribution is 6.06. The van der Waals surface area contributed by atoms with Crippen LogP contribution in [0, 0.1) is 17.1 Å². The Bertz CT molecular complexity index is 1100. The van der Waals surface area contributed by atoms with E-state index in [0.29, 0.717) is 17.4 Å². The van der Waals surface area contributed by atoms with Gasteiger partial charge in [-0.1, -0.05) is 0 Å². The molecule has 0 aliphatic heterocycles. The zero-order chi connectivity index (χ0) is 20.3. The molecule has 0 saturated heterocycles. The molecule has 0 fully saturated rings. The fourth-order valence-corrected chi connectivity index (χ4v) is 2.36. The van der Waals surface area contributed by atoms with Gasteiger partial charge in [-0.15, -0.1) is 10.2 Å². The highest BCUT2D eigenvalue weighted by Crippen LogP contribution is 2.26. The van der Waals surface area contributed by atoms with Gasteiger partial charge in [-0.05, 0) is 24.3 Å². The monoisotopic (exact) mass is 380 g/mol. The van der Waals surface area contributed by atoms with E-state index in [1.165, 1.54) is 19.2 Å². The van der Waals surface area contributed by atoms with Crippen molar-refractivity contribution in [2.24, 2.45) is 0 Å². The normalized spacial score (nSPS) is 10.2. The van der Waals surface area contributed by atoms with E-state index in [4.69, 9.17) is 10.00 Å². The Morgan fingerprint density at radius 3 is 2.64 bits per heavy atom. The lowest BCUT2D eigenvalue weighted by Gasteiger charge is -2.14. The predicted molar refractivity (Wildman–Crippen MR) is 91.3 cm³/mol. The van der Waals surface area contributed by atoms with Crippen LogP contribution >= 0.6 is 0 Å². The smallest absolute Gasteiger partial charge is 0.276 e. The molecule has 1 N–H and O–H groups in total.